The van der Waals surface area contributed by atoms with Gasteiger partial charge in [0, 0.05) is 44.3 Å². The molecule has 0 saturated heterocycles. The molecule has 2 amide bonds. The van der Waals surface area contributed by atoms with Crippen LogP contribution in [-0.4, -0.2) is 81.3 Å². The first-order chi connectivity index (χ1) is 17.4. The Kier molecular flexibility index (Phi) is 7.17. The Morgan fingerprint density at radius 1 is 1.11 bits per heavy atom. The lowest BCUT2D eigenvalue weighted by molar-refractivity contribution is -0.127. The summed E-state index contributed by atoms with van der Waals surface area (Å²) in [4.78, 5) is 34.5. The third-order valence-electron chi connectivity index (χ3n) is 7.65. The summed E-state index contributed by atoms with van der Waals surface area (Å²) in [6, 6.07) is 10.4. The van der Waals surface area contributed by atoms with Gasteiger partial charge in [-0.15, -0.1) is 0 Å². The largest absolute Gasteiger partial charge is 0.390 e. The third-order valence-corrected chi connectivity index (χ3v) is 7.65. The van der Waals surface area contributed by atoms with Crippen molar-refractivity contribution in [2.24, 2.45) is 5.41 Å². The standard InChI is InChI=1S/C26H34N6O4/c33-15-24(35)31-20-10-26(11-20)8-19(9-26)30-23-7-22(28-16-29-23)25(36)27-12-21(34)14-32-6-5-17-3-1-2-4-18(17)13-32/h1-4,7,16,19-21,33-34H,5-6,8-15H2,(H,27,36)(H,31,35)(H,28,29,30)/t19?,20?,21-,26?/m0/s1. The van der Waals surface area contributed by atoms with Gasteiger partial charge >= 0.3 is 0 Å². The number of β-amino-alcohol motifs (C(OH)–C–C–N with tert-alkyl or cyclic N) is 1. The number of fused-ring (bicyclic) bond motifs is 1. The fraction of sp³-hybridized carbons (Fsp3) is 0.538. The van der Waals surface area contributed by atoms with Crippen molar-refractivity contribution < 1.29 is 19.8 Å². The summed E-state index contributed by atoms with van der Waals surface area (Å²) in [6.45, 7) is 1.89. The van der Waals surface area contributed by atoms with Crippen LogP contribution in [0.4, 0.5) is 5.82 Å². The summed E-state index contributed by atoms with van der Waals surface area (Å²) in [7, 11) is 0. The molecule has 2 heterocycles. The highest BCUT2D eigenvalue weighted by Crippen LogP contribution is 2.56. The maximum Gasteiger partial charge on any atom is 0.270 e. The molecular weight excluding hydrogens is 460 g/mol. The maximum absolute atomic E-state index is 12.6. The van der Waals surface area contributed by atoms with E-state index in [0.717, 1.165) is 45.2 Å². The Morgan fingerprint density at radius 2 is 1.86 bits per heavy atom. The first-order valence-electron chi connectivity index (χ1n) is 12.7. The number of nitrogens with zero attached hydrogens (tertiary/aromatic N) is 3. The molecule has 2 aliphatic carbocycles. The van der Waals surface area contributed by atoms with Crippen molar-refractivity contribution in [3.63, 3.8) is 0 Å². The average Bonchev–Trinajstić information content (AvgIpc) is 2.84. The van der Waals surface area contributed by atoms with Crippen LogP contribution in [0.25, 0.3) is 0 Å². The van der Waals surface area contributed by atoms with Crippen LogP contribution in [0.15, 0.2) is 36.7 Å². The van der Waals surface area contributed by atoms with Crippen LogP contribution >= 0.6 is 0 Å². The highest BCUT2D eigenvalue weighted by Gasteiger charge is 2.53. The molecule has 2 fully saturated rings. The van der Waals surface area contributed by atoms with E-state index >= 15 is 0 Å². The molecule has 5 rings (SSSR count). The van der Waals surface area contributed by atoms with Crippen LogP contribution < -0.4 is 16.0 Å². The number of nitrogens with one attached hydrogen (secondary N) is 3. The van der Waals surface area contributed by atoms with Gasteiger partial charge in [0.15, 0.2) is 0 Å². The Labute approximate surface area is 210 Å². The van der Waals surface area contributed by atoms with Crippen LogP contribution in [0.5, 0.6) is 0 Å². The minimum atomic E-state index is -0.668. The monoisotopic (exact) mass is 494 g/mol. The Hall–Kier alpha value is -3.08. The van der Waals surface area contributed by atoms with Crippen molar-refractivity contribution in [1.29, 1.82) is 0 Å². The molecule has 0 unspecified atom stereocenters. The van der Waals surface area contributed by atoms with Gasteiger partial charge in [0.2, 0.25) is 5.91 Å². The van der Waals surface area contributed by atoms with Crippen molar-refractivity contribution in [1.82, 2.24) is 25.5 Å². The lowest BCUT2D eigenvalue weighted by Gasteiger charge is -2.57. The number of aliphatic hydroxyl groups excluding tert-OH is 2. The van der Waals surface area contributed by atoms with Gasteiger partial charge in [-0.1, -0.05) is 24.3 Å². The summed E-state index contributed by atoms with van der Waals surface area (Å²) in [6.07, 6.45) is 5.50. The van der Waals surface area contributed by atoms with Gasteiger partial charge in [0.25, 0.3) is 5.91 Å². The summed E-state index contributed by atoms with van der Waals surface area (Å²) >= 11 is 0. The highest BCUT2D eigenvalue weighted by atomic mass is 16.3. The molecule has 192 valence electrons. The normalized spacial score (nSPS) is 25.7. The topological polar surface area (TPSA) is 140 Å². The van der Waals surface area contributed by atoms with Gasteiger partial charge in [0.1, 0.15) is 24.4 Å². The number of hydrogen-bond acceptors (Lipinski definition) is 8. The van der Waals surface area contributed by atoms with Crippen molar-refractivity contribution in [3.8, 4) is 0 Å². The number of aromatic nitrogens is 2. The predicted octanol–water partition coefficient (Wildman–Crippen LogP) is 0.457. The molecule has 1 aliphatic heterocycles. The Balaban J connectivity index is 1.04. The molecule has 1 aromatic carbocycles. The van der Waals surface area contributed by atoms with Crippen LogP contribution in [0.1, 0.15) is 47.3 Å². The molecule has 1 atom stereocenters. The molecule has 1 spiro atoms. The smallest absolute Gasteiger partial charge is 0.270 e. The second-order valence-electron chi connectivity index (χ2n) is 10.5. The number of hydrogen-bond donors (Lipinski definition) is 5. The summed E-state index contributed by atoms with van der Waals surface area (Å²) in [5.74, 6) is -0.0533. The van der Waals surface area contributed by atoms with E-state index in [4.69, 9.17) is 5.11 Å². The van der Waals surface area contributed by atoms with Crippen LogP contribution in [0, 0.1) is 5.41 Å². The SMILES string of the molecule is O=C(CO)NC1CC2(C1)CC(Nc1cc(C(=O)NC[C@H](O)CN3CCc4ccccc4C3)ncn1)C2. The van der Waals surface area contributed by atoms with E-state index in [9.17, 15) is 14.7 Å². The molecule has 10 heteroatoms. The second kappa shape index (κ2) is 10.5. The van der Waals surface area contributed by atoms with Gasteiger partial charge in [-0.2, -0.15) is 0 Å². The van der Waals surface area contributed by atoms with Crippen molar-refractivity contribution in [2.75, 3.05) is 31.6 Å². The molecule has 0 radical (unpaired) electrons. The zero-order valence-electron chi connectivity index (χ0n) is 20.3. The molecule has 1 aromatic heterocycles. The minimum absolute atomic E-state index is 0.154. The Morgan fingerprint density at radius 3 is 2.64 bits per heavy atom. The number of aliphatic hydroxyl groups is 2. The molecule has 36 heavy (non-hydrogen) atoms. The second-order valence-corrected chi connectivity index (χ2v) is 10.5. The predicted molar refractivity (Wildman–Crippen MR) is 133 cm³/mol. The average molecular weight is 495 g/mol. The molecular formula is C26H34N6O4. The van der Waals surface area contributed by atoms with Gasteiger partial charge in [-0.25, -0.2) is 9.97 Å². The summed E-state index contributed by atoms with van der Waals surface area (Å²) in [5.41, 5.74) is 3.18. The van der Waals surface area contributed by atoms with E-state index < -0.39 is 12.7 Å². The van der Waals surface area contributed by atoms with Gasteiger partial charge in [0.05, 0.1) is 6.10 Å². The number of carbonyl (C=O) groups excluding carboxylic acids is 2. The Bertz CT molecular complexity index is 1100. The number of carbonyl (C=O) groups is 2. The number of rotatable bonds is 9. The summed E-state index contributed by atoms with van der Waals surface area (Å²) < 4.78 is 0. The minimum Gasteiger partial charge on any atom is -0.390 e. The molecule has 5 N–H and O–H groups in total. The van der Waals surface area contributed by atoms with Crippen molar-refractivity contribution in [2.45, 2.75) is 56.8 Å². The summed E-state index contributed by atoms with van der Waals surface area (Å²) in [5, 5.41) is 28.3. The molecule has 2 aromatic rings. The zero-order chi connectivity index (χ0) is 25.1. The third kappa shape index (κ3) is 5.66. The zero-order valence-corrected chi connectivity index (χ0v) is 20.3. The number of anilines is 1. The van der Waals surface area contributed by atoms with Gasteiger partial charge in [-0.3, -0.25) is 14.5 Å². The van der Waals surface area contributed by atoms with Gasteiger partial charge < -0.3 is 26.2 Å². The van der Waals surface area contributed by atoms with E-state index in [-0.39, 0.29) is 41.6 Å². The molecule has 10 nitrogen and oxygen atoms in total. The lowest BCUT2D eigenvalue weighted by atomic mass is 9.52. The van der Waals surface area contributed by atoms with Crippen molar-refractivity contribution in [3.05, 3.63) is 53.5 Å². The van der Waals surface area contributed by atoms with Gasteiger partial charge in [-0.05, 0) is 48.6 Å². The van der Waals surface area contributed by atoms with E-state index in [2.05, 4.69) is 49.0 Å². The van der Waals surface area contributed by atoms with Crippen LogP contribution in [-0.2, 0) is 17.8 Å². The first-order valence-corrected chi connectivity index (χ1v) is 12.7. The highest BCUT2D eigenvalue weighted by molar-refractivity contribution is 5.92. The fourth-order valence-corrected chi connectivity index (χ4v) is 5.93. The van der Waals surface area contributed by atoms with E-state index in [1.807, 2.05) is 6.07 Å². The molecule has 2 saturated carbocycles. The van der Waals surface area contributed by atoms with E-state index in [1.54, 1.807) is 6.07 Å². The first kappa shape index (κ1) is 24.6. The quantitative estimate of drug-likeness (QED) is 0.339. The lowest BCUT2D eigenvalue weighted by Crippen LogP contribution is -2.59. The van der Waals surface area contributed by atoms with E-state index in [1.165, 1.54) is 17.5 Å². The number of benzene rings is 1. The molecule has 0 bridgehead atoms. The van der Waals surface area contributed by atoms with Crippen LogP contribution in [0.2, 0.25) is 0 Å². The fourth-order valence-electron chi connectivity index (χ4n) is 5.93. The van der Waals surface area contributed by atoms with Crippen molar-refractivity contribution >= 4 is 17.6 Å². The van der Waals surface area contributed by atoms with E-state index in [0.29, 0.717) is 12.4 Å². The number of amides is 2. The maximum atomic E-state index is 12.6. The molecule has 3 aliphatic rings. The van der Waals surface area contributed by atoms with Crippen LogP contribution in [0.3, 0.4) is 0 Å².